The number of hydrogen-bond donors (Lipinski definition) is 1. The monoisotopic (exact) mass is 398 g/mol. The third-order valence-corrected chi connectivity index (χ3v) is 3.19. The Morgan fingerprint density at radius 2 is 2.00 bits per heavy atom. The number of non-ortho nitro benzene ring substituents is 1. The van der Waals surface area contributed by atoms with Crippen molar-refractivity contribution in [2.45, 2.75) is 6.54 Å². The summed E-state index contributed by atoms with van der Waals surface area (Å²) in [4.78, 5) is 21.7. The molecule has 0 atom stereocenters. The summed E-state index contributed by atoms with van der Waals surface area (Å²) < 4.78 is 6.04. The molecule has 1 heterocycles. The quantitative estimate of drug-likeness (QED) is 0.363. The number of rotatable bonds is 5. The summed E-state index contributed by atoms with van der Waals surface area (Å²) in [5.74, 6) is 0.338. The van der Waals surface area contributed by atoms with E-state index < -0.39 is 4.92 Å². The van der Waals surface area contributed by atoms with Crippen LogP contribution < -0.4 is 5.32 Å². The highest BCUT2D eigenvalue weighted by molar-refractivity contribution is 14.1. The van der Waals surface area contributed by atoms with Gasteiger partial charge in [-0.1, -0.05) is 12.1 Å². The molecule has 0 saturated carbocycles. The van der Waals surface area contributed by atoms with Crippen molar-refractivity contribution in [1.29, 1.82) is 0 Å². The minimum absolute atomic E-state index is 0.0254. The molecular formula is C14H11IN2O4. The van der Waals surface area contributed by atoms with Crippen LogP contribution >= 0.6 is 22.6 Å². The lowest BCUT2D eigenvalue weighted by Crippen LogP contribution is -2.20. The summed E-state index contributed by atoms with van der Waals surface area (Å²) in [5.41, 5.74) is 0.812. The predicted molar refractivity (Wildman–Crippen MR) is 85.4 cm³/mol. The molecule has 7 heteroatoms. The minimum atomic E-state index is -0.462. The number of nitrogens with one attached hydrogen (secondary N) is 1. The van der Waals surface area contributed by atoms with Crippen molar-refractivity contribution < 1.29 is 14.1 Å². The van der Waals surface area contributed by atoms with Crippen molar-refractivity contribution in [2.24, 2.45) is 0 Å². The van der Waals surface area contributed by atoms with Crippen LogP contribution in [0.5, 0.6) is 0 Å². The van der Waals surface area contributed by atoms with Crippen LogP contribution in [0.3, 0.4) is 0 Å². The lowest BCUT2D eigenvalue weighted by atomic mass is 10.2. The van der Waals surface area contributed by atoms with Crippen LogP contribution in [0, 0.1) is 13.9 Å². The minimum Gasteiger partial charge on any atom is -0.451 e. The topological polar surface area (TPSA) is 85.4 Å². The standard InChI is InChI=1S/C14H11IN2O4/c15-13-7-5-12(21-13)6-8-14(18)16-9-10-1-3-11(4-2-10)17(19)20/h1-8H,9H2,(H,16,18)/b8-6+. The number of hydrogen-bond acceptors (Lipinski definition) is 4. The van der Waals surface area contributed by atoms with E-state index in [4.69, 9.17) is 4.42 Å². The van der Waals surface area contributed by atoms with Crippen molar-refractivity contribution >= 4 is 40.3 Å². The Morgan fingerprint density at radius 3 is 2.57 bits per heavy atom. The first kappa shape index (κ1) is 15.2. The second kappa shape index (κ2) is 7.02. The molecule has 2 aromatic rings. The molecule has 0 aliphatic rings. The fraction of sp³-hybridized carbons (Fsp3) is 0.0714. The second-order valence-electron chi connectivity index (χ2n) is 4.12. The normalized spacial score (nSPS) is 10.7. The van der Waals surface area contributed by atoms with Gasteiger partial charge in [0.1, 0.15) is 5.76 Å². The van der Waals surface area contributed by atoms with Gasteiger partial charge in [0.25, 0.3) is 5.69 Å². The molecule has 0 unspecified atom stereocenters. The molecule has 1 amide bonds. The maximum absolute atomic E-state index is 11.6. The average Bonchev–Trinajstić information content (AvgIpc) is 2.89. The predicted octanol–water partition coefficient (Wildman–Crippen LogP) is 3.12. The van der Waals surface area contributed by atoms with Crippen LogP contribution in [0.2, 0.25) is 0 Å². The van der Waals surface area contributed by atoms with Crippen LogP contribution in [0.4, 0.5) is 5.69 Å². The van der Waals surface area contributed by atoms with E-state index in [0.29, 0.717) is 12.3 Å². The molecule has 21 heavy (non-hydrogen) atoms. The molecule has 6 nitrogen and oxygen atoms in total. The average molecular weight is 398 g/mol. The van der Waals surface area contributed by atoms with Gasteiger partial charge in [-0.05, 0) is 46.4 Å². The molecule has 1 aromatic heterocycles. The molecular weight excluding hydrogens is 387 g/mol. The van der Waals surface area contributed by atoms with Crippen molar-refractivity contribution in [1.82, 2.24) is 5.32 Å². The van der Waals surface area contributed by atoms with Crippen LogP contribution in [0.25, 0.3) is 6.08 Å². The van der Waals surface area contributed by atoms with Gasteiger partial charge in [0.15, 0.2) is 3.77 Å². The molecule has 108 valence electrons. The molecule has 0 aliphatic heterocycles. The summed E-state index contributed by atoms with van der Waals surface area (Å²) in [5, 5.41) is 13.2. The summed E-state index contributed by atoms with van der Waals surface area (Å²) in [6.07, 6.45) is 2.95. The fourth-order valence-corrected chi connectivity index (χ4v) is 1.99. The smallest absolute Gasteiger partial charge is 0.269 e. The summed E-state index contributed by atoms with van der Waals surface area (Å²) in [6, 6.07) is 9.59. The Bertz CT molecular complexity index is 677. The first-order valence-electron chi connectivity index (χ1n) is 5.99. The first-order valence-corrected chi connectivity index (χ1v) is 7.07. The Hall–Kier alpha value is -2.16. The number of amides is 1. The number of benzene rings is 1. The second-order valence-corrected chi connectivity index (χ2v) is 5.18. The largest absolute Gasteiger partial charge is 0.451 e. The Labute approximate surface area is 134 Å². The third kappa shape index (κ3) is 4.71. The van der Waals surface area contributed by atoms with Crippen molar-refractivity contribution in [3.63, 3.8) is 0 Å². The van der Waals surface area contributed by atoms with Gasteiger partial charge in [0.2, 0.25) is 5.91 Å². The number of nitro benzene ring substituents is 1. The van der Waals surface area contributed by atoms with Crippen LogP contribution in [0.1, 0.15) is 11.3 Å². The van der Waals surface area contributed by atoms with Gasteiger partial charge in [0.05, 0.1) is 4.92 Å². The lowest BCUT2D eigenvalue weighted by Gasteiger charge is -2.02. The number of nitro groups is 1. The molecule has 0 bridgehead atoms. The van der Waals surface area contributed by atoms with E-state index in [1.807, 2.05) is 22.6 Å². The van der Waals surface area contributed by atoms with Gasteiger partial charge in [-0.15, -0.1) is 0 Å². The van der Waals surface area contributed by atoms with Crippen LogP contribution in [0.15, 0.2) is 46.9 Å². The van der Waals surface area contributed by atoms with E-state index in [1.165, 1.54) is 18.2 Å². The zero-order valence-electron chi connectivity index (χ0n) is 10.8. The third-order valence-electron chi connectivity index (χ3n) is 2.61. The summed E-state index contributed by atoms with van der Waals surface area (Å²) in [6.45, 7) is 0.302. The number of furan rings is 1. The zero-order chi connectivity index (χ0) is 15.2. The van der Waals surface area contributed by atoms with Gasteiger partial charge in [0, 0.05) is 24.8 Å². The van der Waals surface area contributed by atoms with Crippen LogP contribution in [-0.4, -0.2) is 10.8 Å². The Morgan fingerprint density at radius 1 is 1.29 bits per heavy atom. The van der Waals surface area contributed by atoms with Crippen molar-refractivity contribution in [2.75, 3.05) is 0 Å². The zero-order valence-corrected chi connectivity index (χ0v) is 12.9. The van der Waals surface area contributed by atoms with Gasteiger partial charge < -0.3 is 9.73 Å². The molecule has 0 spiro atoms. The lowest BCUT2D eigenvalue weighted by molar-refractivity contribution is -0.384. The number of halogens is 1. The molecule has 0 saturated heterocycles. The van der Waals surface area contributed by atoms with E-state index in [1.54, 1.807) is 30.3 Å². The number of carbonyl (C=O) groups is 1. The SMILES string of the molecule is O=C(/C=C/c1ccc(I)o1)NCc1ccc([N+](=O)[O-])cc1. The highest BCUT2D eigenvalue weighted by atomic mass is 127. The van der Waals surface area contributed by atoms with Gasteiger partial charge in [-0.2, -0.15) is 0 Å². The molecule has 0 fully saturated rings. The Kier molecular flexibility index (Phi) is 5.09. The van der Waals surface area contributed by atoms with Crippen molar-refractivity contribution in [3.05, 3.63) is 67.7 Å². The van der Waals surface area contributed by atoms with Gasteiger partial charge >= 0.3 is 0 Å². The highest BCUT2D eigenvalue weighted by Crippen LogP contribution is 2.12. The molecule has 1 aromatic carbocycles. The molecule has 1 N–H and O–H groups in total. The molecule has 2 rings (SSSR count). The number of carbonyl (C=O) groups excluding carboxylic acids is 1. The van der Waals surface area contributed by atoms with Crippen molar-refractivity contribution in [3.8, 4) is 0 Å². The molecule has 0 radical (unpaired) electrons. The Balaban J connectivity index is 1.86. The van der Waals surface area contributed by atoms with Gasteiger partial charge in [-0.3, -0.25) is 14.9 Å². The maximum atomic E-state index is 11.6. The molecule has 0 aliphatic carbocycles. The van der Waals surface area contributed by atoms with E-state index in [2.05, 4.69) is 5.32 Å². The van der Waals surface area contributed by atoms with Crippen LogP contribution in [-0.2, 0) is 11.3 Å². The number of nitrogens with zero attached hydrogens (tertiary/aromatic N) is 1. The fourth-order valence-electron chi connectivity index (χ4n) is 1.56. The summed E-state index contributed by atoms with van der Waals surface area (Å²) in [7, 11) is 0. The van der Waals surface area contributed by atoms with Gasteiger partial charge in [-0.25, -0.2) is 0 Å². The van der Waals surface area contributed by atoms with E-state index in [-0.39, 0.29) is 11.6 Å². The van der Waals surface area contributed by atoms with E-state index in [9.17, 15) is 14.9 Å². The van der Waals surface area contributed by atoms with E-state index >= 15 is 0 Å². The maximum Gasteiger partial charge on any atom is 0.269 e. The summed E-state index contributed by atoms with van der Waals surface area (Å²) >= 11 is 2.04. The van der Waals surface area contributed by atoms with E-state index in [0.717, 1.165) is 9.33 Å². The highest BCUT2D eigenvalue weighted by Gasteiger charge is 2.04. The first-order chi connectivity index (χ1) is 10.0.